The van der Waals surface area contributed by atoms with Gasteiger partial charge in [0.15, 0.2) is 5.13 Å². The Bertz CT molecular complexity index is 521. The summed E-state index contributed by atoms with van der Waals surface area (Å²) in [5, 5.41) is 11.0. The third kappa shape index (κ3) is 1.26. The van der Waals surface area contributed by atoms with Crippen molar-refractivity contribution in [2.24, 2.45) is 0 Å². The number of nitro groups is 1. The monoisotopic (exact) mass is 211 g/mol. The van der Waals surface area contributed by atoms with Gasteiger partial charge in [-0.25, -0.2) is 0 Å². The van der Waals surface area contributed by atoms with E-state index in [4.69, 9.17) is 0 Å². The van der Waals surface area contributed by atoms with E-state index in [-0.39, 0.29) is 10.8 Å². The van der Waals surface area contributed by atoms with Gasteiger partial charge in [0, 0.05) is 16.3 Å². The molecule has 0 aliphatic rings. The quantitative estimate of drug-likeness (QED) is 0.536. The highest BCUT2D eigenvalue weighted by atomic mass is 32.1. The Morgan fingerprint density at radius 3 is 2.86 bits per heavy atom. The van der Waals surface area contributed by atoms with E-state index in [0.717, 1.165) is 16.7 Å². The lowest BCUT2D eigenvalue weighted by atomic mass is 10.1. The molecule has 0 aliphatic heterocycles. The van der Waals surface area contributed by atoms with E-state index in [1.807, 2.05) is 0 Å². The minimum atomic E-state index is -0.452. The van der Waals surface area contributed by atoms with E-state index in [2.05, 4.69) is 0 Å². The normalized spacial score (nSPS) is 10.7. The summed E-state index contributed by atoms with van der Waals surface area (Å²) in [5.74, 6) is 0. The fourth-order valence-electron chi connectivity index (χ4n) is 1.40. The third-order valence-electron chi connectivity index (χ3n) is 2.07. The first kappa shape index (κ1) is 9.08. The Labute approximate surface area is 82.9 Å². The number of thiophene rings is 1. The van der Waals surface area contributed by atoms with Crippen LogP contribution in [0.1, 0.15) is 5.56 Å². The van der Waals surface area contributed by atoms with Crippen molar-refractivity contribution in [3.8, 4) is 0 Å². The number of aryl methyl sites for hydroxylation is 1. The minimum absolute atomic E-state index is 0.0411. The molecule has 0 N–H and O–H groups in total. The number of halogens is 1. The first-order chi connectivity index (χ1) is 6.59. The summed E-state index contributed by atoms with van der Waals surface area (Å²) in [6, 6.07) is 4.36. The van der Waals surface area contributed by atoms with Gasteiger partial charge in [-0.1, -0.05) is 0 Å². The van der Waals surface area contributed by atoms with Crippen LogP contribution in [0.3, 0.4) is 0 Å². The lowest BCUT2D eigenvalue weighted by Crippen LogP contribution is -1.90. The molecule has 0 unspecified atom stereocenters. The van der Waals surface area contributed by atoms with Gasteiger partial charge < -0.3 is 0 Å². The number of nitro benzene ring substituents is 1. The van der Waals surface area contributed by atoms with Crippen molar-refractivity contribution < 1.29 is 9.31 Å². The van der Waals surface area contributed by atoms with E-state index in [1.54, 1.807) is 13.0 Å². The van der Waals surface area contributed by atoms with Crippen molar-refractivity contribution in [1.29, 1.82) is 0 Å². The molecule has 0 amide bonds. The van der Waals surface area contributed by atoms with Crippen molar-refractivity contribution in [3.63, 3.8) is 0 Å². The molecule has 1 heterocycles. The van der Waals surface area contributed by atoms with Gasteiger partial charge in [-0.15, -0.1) is 11.3 Å². The predicted octanol–water partition coefficient (Wildman–Crippen LogP) is 3.26. The second-order valence-corrected chi connectivity index (χ2v) is 3.94. The molecule has 5 heteroatoms. The second kappa shape index (κ2) is 3.02. The molecule has 0 fully saturated rings. The zero-order valence-electron chi connectivity index (χ0n) is 7.28. The topological polar surface area (TPSA) is 43.1 Å². The van der Waals surface area contributed by atoms with Crippen molar-refractivity contribution in [2.45, 2.75) is 6.92 Å². The van der Waals surface area contributed by atoms with E-state index in [1.165, 1.54) is 12.1 Å². The average Bonchev–Trinajstić information content (AvgIpc) is 2.46. The summed E-state index contributed by atoms with van der Waals surface area (Å²) in [5.41, 5.74) is 0.570. The molecule has 0 bridgehead atoms. The Morgan fingerprint density at radius 2 is 2.21 bits per heavy atom. The van der Waals surface area contributed by atoms with Gasteiger partial charge in [-0.05, 0) is 24.4 Å². The molecule has 0 saturated heterocycles. The summed E-state index contributed by atoms with van der Waals surface area (Å²) >= 11 is 0.939. The fraction of sp³-hybridized carbons (Fsp3) is 0.111. The SMILES string of the molecule is Cc1c([N+](=O)[O-])ccc2cc(F)sc12. The standard InChI is InChI=1S/C9H6FNO2S/c1-5-7(11(12)13)3-2-6-4-8(10)14-9(5)6/h2-4H,1H3. The molecule has 0 aliphatic carbocycles. The smallest absolute Gasteiger partial charge is 0.258 e. The fourth-order valence-corrected chi connectivity index (χ4v) is 2.28. The van der Waals surface area contributed by atoms with Crippen molar-refractivity contribution in [3.05, 3.63) is 39.0 Å². The van der Waals surface area contributed by atoms with Gasteiger partial charge in [0.2, 0.25) is 0 Å². The molecule has 2 rings (SSSR count). The van der Waals surface area contributed by atoms with Crippen LogP contribution in [0.2, 0.25) is 0 Å². The first-order valence-corrected chi connectivity index (χ1v) is 4.74. The van der Waals surface area contributed by atoms with Crippen LogP contribution in [0.4, 0.5) is 10.1 Å². The van der Waals surface area contributed by atoms with Crippen LogP contribution in [0.15, 0.2) is 18.2 Å². The number of benzene rings is 1. The van der Waals surface area contributed by atoms with E-state index in [9.17, 15) is 14.5 Å². The highest BCUT2D eigenvalue weighted by Gasteiger charge is 2.14. The van der Waals surface area contributed by atoms with E-state index < -0.39 is 4.92 Å². The molecule has 1 aromatic carbocycles. The largest absolute Gasteiger partial charge is 0.273 e. The Morgan fingerprint density at radius 1 is 1.50 bits per heavy atom. The third-order valence-corrected chi connectivity index (χ3v) is 3.13. The molecule has 0 radical (unpaired) electrons. The Hall–Kier alpha value is -1.49. The number of hydrogen-bond acceptors (Lipinski definition) is 3. The maximum absolute atomic E-state index is 12.9. The Kier molecular flexibility index (Phi) is 1.96. The van der Waals surface area contributed by atoms with Crippen LogP contribution in [-0.2, 0) is 0 Å². The van der Waals surface area contributed by atoms with Crippen molar-refractivity contribution >= 4 is 27.1 Å². The average molecular weight is 211 g/mol. The molecule has 3 nitrogen and oxygen atoms in total. The van der Waals surface area contributed by atoms with Gasteiger partial charge in [0.05, 0.1) is 4.92 Å². The molecule has 72 valence electrons. The maximum Gasteiger partial charge on any atom is 0.273 e. The number of fused-ring (bicyclic) bond motifs is 1. The molecule has 14 heavy (non-hydrogen) atoms. The number of nitrogens with zero attached hydrogens (tertiary/aromatic N) is 1. The summed E-state index contributed by atoms with van der Waals surface area (Å²) < 4.78 is 13.5. The summed E-state index contributed by atoms with van der Waals surface area (Å²) in [6.07, 6.45) is 0. The minimum Gasteiger partial charge on any atom is -0.258 e. The van der Waals surface area contributed by atoms with Crippen LogP contribution in [0.25, 0.3) is 10.1 Å². The van der Waals surface area contributed by atoms with Gasteiger partial charge >= 0.3 is 0 Å². The lowest BCUT2D eigenvalue weighted by molar-refractivity contribution is -0.385. The van der Waals surface area contributed by atoms with E-state index in [0.29, 0.717) is 10.3 Å². The molecule has 2 aromatic rings. The molecular weight excluding hydrogens is 205 g/mol. The lowest BCUT2D eigenvalue weighted by Gasteiger charge is -1.96. The summed E-state index contributed by atoms with van der Waals surface area (Å²) in [6.45, 7) is 1.64. The molecule has 0 saturated carbocycles. The van der Waals surface area contributed by atoms with Gasteiger partial charge in [-0.2, -0.15) is 4.39 Å². The van der Waals surface area contributed by atoms with Crippen LogP contribution in [0.5, 0.6) is 0 Å². The first-order valence-electron chi connectivity index (χ1n) is 3.92. The second-order valence-electron chi connectivity index (χ2n) is 2.94. The summed E-state index contributed by atoms with van der Waals surface area (Å²) in [7, 11) is 0. The van der Waals surface area contributed by atoms with Gasteiger partial charge in [-0.3, -0.25) is 10.1 Å². The summed E-state index contributed by atoms with van der Waals surface area (Å²) in [4.78, 5) is 10.1. The van der Waals surface area contributed by atoms with Gasteiger partial charge in [0.25, 0.3) is 5.69 Å². The zero-order valence-corrected chi connectivity index (χ0v) is 8.10. The zero-order chi connectivity index (χ0) is 10.3. The number of rotatable bonds is 1. The van der Waals surface area contributed by atoms with Crippen molar-refractivity contribution in [1.82, 2.24) is 0 Å². The predicted molar refractivity (Wildman–Crippen MR) is 53.2 cm³/mol. The van der Waals surface area contributed by atoms with Crippen LogP contribution in [0, 0.1) is 22.2 Å². The highest BCUT2D eigenvalue weighted by Crippen LogP contribution is 2.32. The Balaban J connectivity index is 2.80. The molecule has 0 spiro atoms. The molecule has 0 atom stereocenters. The van der Waals surface area contributed by atoms with Crippen molar-refractivity contribution in [2.75, 3.05) is 0 Å². The molecule has 1 aromatic heterocycles. The highest BCUT2D eigenvalue weighted by molar-refractivity contribution is 7.17. The van der Waals surface area contributed by atoms with Crippen LogP contribution >= 0.6 is 11.3 Å². The van der Waals surface area contributed by atoms with E-state index >= 15 is 0 Å². The molecular formula is C9H6FNO2S. The van der Waals surface area contributed by atoms with Gasteiger partial charge in [0.1, 0.15) is 0 Å². The number of hydrogen-bond donors (Lipinski definition) is 0. The maximum atomic E-state index is 12.9. The van der Waals surface area contributed by atoms with Crippen LogP contribution in [-0.4, -0.2) is 4.92 Å². The van der Waals surface area contributed by atoms with Crippen LogP contribution < -0.4 is 0 Å².